The van der Waals surface area contributed by atoms with Crippen molar-refractivity contribution >= 4 is 22.3 Å². The lowest BCUT2D eigenvalue weighted by Gasteiger charge is -2.27. The molecule has 0 radical (unpaired) electrons. The molecule has 0 aliphatic heterocycles. The zero-order valence-corrected chi connectivity index (χ0v) is 36.8. The molecule has 0 amide bonds. The van der Waals surface area contributed by atoms with Gasteiger partial charge in [-0.2, -0.15) is 0 Å². The molecule has 66 heavy (non-hydrogen) atoms. The molecule has 2 nitrogen and oxygen atoms in total. The summed E-state index contributed by atoms with van der Waals surface area (Å²) in [5.41, 5.74) is 22.2. The molecule has 0 spiro atoms. The Morgan fingerprint density at radius 2 is 0.758 bits per heavy atom. The van der Waals surface area contributed by atoms with E-state index in [0.717, 1.165) is 54.0 Å². The van der Waals surface area contributed by atoms with Crippen LogP contribution in [-0.4, -0.2) is 9.97 Å². The third-order valence-electron chi connectivity index (χ3n) is 13.0. The first-order valence-electron chi connectivity index (χ1n) is 23.1. The summed E-state index contributed by atoms with van der Waals surface area (Å²) in [5, 5.41) is 0. The summed E-state index contributed by atoms with van der Waals surface area (Å²) in [6, 6.07) is 78.5. The molecule has 9 aromatic rings. The van der Waals surface area contributed by atoms with Crippen LogP contribution in [0.4, 0.5) is 0 Å². The molecular formula is C64H48N2. The van der Waals surface area contributed by atoms with E-state index in [1.54, 1.807) is 0 Å². The van der Waals surface area contributed by atoms with Gasteiger partial charge in [-0.1, -0.05) is 231 Å². The predicted molar refractivity (Wildman–Crippen MR) is 278 cm³/mol. The Hall–Kier alpha value is -8.20. The first-order chi connectivity index (χ1) is 32.7. The van der Waals surface area contributed by atoms with Gasteiger partial charge in [0.1, 0.15) is 0 Å². The van der Waals surface area contributed by atoms with Crippen LogP contribution in [0.3, 0.4) is 0 Å². The minimum atomic E-state index is 0.744. The molecule has 0 N–H and O–H groups in total. The molecule has 0 unspecified atom stereocenters. The average molecular weight is 845 g/mol. The quantitative estimate of drug-likeness (QED) is 0.137. The predicted octanol–water partition coefficient (Wildman–Crippen LogP) is 17.0. The highest BCUT2D eigenvalue weighted by molar-refractivity contribution is 6.09. The fourth-order valence-electron chi connectivity index (χ4n) is 9.71. The second kappa shape index (κ2) is 18.5. The maximum absolute atomic E-state index is 5.56. The standard InChI is InChI=1S/C64H48N2/c1-7-21-45(22-8-1)47-35-39-50(40-36-47)59-44-60(51-41-37-48(38-42-51)46-23-9-2-10-24-46)66-64(65-59)56-34-20-19-33-55(56)58-43-57(49-25-11-3-12-26-49)61(52-27-13-4-14-28-52)63(54-31-17-6-18-32-54)62(58)53-29-15-5-16-30-53/h1-18,20-32,34-37,39-41,43-44H,19,33,38,42H2. The van der Waals surface area contributed by atoms with Gasteiger partial charge in [0, 0.05) is 11.1 Å². The van der Waals surface area contributed by atoms with Crippen molar-refractivity contribution in [2.75, 3.05) is 0 Å². The first-order valence-corrected chi connectivity index (χ1v) is 23.1. The van der Waals surface area contributed by atoms with Gasteiger partial charge >= 0.3 is 0 Å². The smallest absolute Gasteiger partial charge is 0.160 e. The molecule has 0 saturated carbocycles. The third-order valence-corrected chi connectivity index (χ3v) is 13.0. The molecule has 0 fully saturated rings. The van der Waals surface area contributed by atoms with Crippen molar-refractivity contribution in [1.82, 2.24) is 9.97 Å². The van der Waals surface area contributed by atoms with Crippen LogP contribution in [0.2, 0.25) is 0 Å². The Bertz CT molecular complexity index is 3270. The van der Waals surface area contributed by atoms with Gasteiger partial charge < -0.3 is 0 Å². The minimum absolute atomic E-state index is 0.744. The molecule has 2 heteroatoms. The maximum atomic E-state index is 5.56. The van der Waals surface area contributed by atoms with Crippen molar-refractivity contribution in [2.24, 2.45) is 0 Å². The Morgan fingerprint density at radius 1 is 0.318 bits per heavy atom. The van der Waals surface area contributed by atoms with E-state index in [1.807, 2.05) is 0 Å². The van der Waals surface area contributed by atoms with Gasteiger partial charge in [0.25, 0.3) is 0 Å². The summed E-state index contributed by atoms with van der Waals surface area (Å²) in [6.07, 6.45) is 12.8. The van der Waals surface area contributed by atoms with E-state index in [0.29, 0.717) is 0 Å². The van der Waals surface area contributed by atoms with Gasteiger partial charge in [0.2, 0.25) is 0 Å². The SMILES string of the molecule is C1=CC(c2nc(C3=CC=C(c4ccccc4)CC3)cc(-c3ccc(-c4ccccc4)cc3)n2)=C(c2cc(-c3ccccc3)c(-c3ccccc3)c(-c3ccccc3)c2-c2ccccc2)CC1. The Labute approximate surface area is 388 Å². The van der Waals surface area contributed by atoms with Crippen LogP contribution in [0.1, 0.15) is 48.3 Å². The minimum Gasteiger partial charge on any atom is -0.228 e. The van der Waals surface area contributed by atoms with Crippen molar-refractivity contribution in [2.45, 2.75) is 25.7 Å². The highest BCUT2D eigenvalue weighted by Crippen LogP contribution is 2.51. The highest BCUT2D eigenvalue weighted by Gasteiger charge is 2.27. The summed E-state index contributed by atoms with van der Waals surface area (Å²) in [4.78, 5) is 11.1. The molecule has 11 rings (SSSR count). The lowest BCUT2D eigenvalue weighted by Crippen LogP contribution is -2.06. The molecule has 314 valence electrons. The highest BCUT2D eigenvalue weighted by atomic mass is 14.9. The van der Waals surface area contributed by atoms with E-state index in [9.17, 15) is 0 Å². The summed E-state index contributed by atoms with van der Waals surface area (Å²) < 4.78 is 0. The lowest BCUT2D eigenvalue weighted by molar-refractivity contribution is 1.02. The van der Waals surface area contributed by atoms with Crippen LogP contribution in [-0.2, 0) is 0 Å². The van der Waals surface area contributed by atoms with Crippen LogP contribution in [0.25, 0.3) is 89.2 Å². The fraction of sp³-hybridized carbons (Fsp3) is 0.0625. The van der Waals surface area contributed by atoms with E-state index in [2.05, 4.69) is 243 Å². The molecule has 0 saturated heterocycles. The second-order valence-corrected chi connectivity index (χ2v) is 17.0. The van der Waals surface area contributed by atoms with Gasteiger partial charge in [-0.05, 0) is 121 Å². The van der Waals surface area contributed by atoms with E-state index >= 15 is 0 Å². The molecular weight excluding hydrogens is 797 g/mol. The summed E-state index contributed by atoms with van der Waals surface area (Å²) in [6.45, 7) is 0. The largest absolute Gasteiger partial charge is 0.228 e. The van der Waals surface area contributed by atoms with Crippen molar-refractivity contribution in [1.29, 1.82) is 0 Å². The number of allylic oxidation sites excluding steroid dienone is 8. The molecule has 1 aromatic heterocycles. The molecule has 2 aliphatic carbocycles. The van der Waals surface area contributed by atoms with Gasteiger partial charge in [0.05, 0.1) is 11.4 Å². The van der Waals surface area contributed by atoms with Crippen LogP contribution >= 0.6 is 0 Å². The molecule has 1 heterocycles. The van der Waals surface area contributed by atoms with Crippen LogP contribution < -0.4 is 0 Å². The zero-order valence-electron chi connectivity index (χ0n) is 36.8. The van der Waals surface area contributed by atoms with Gasteiger partial charge in [-0.25, -0.2) is 9.97 Å². The van der Waals surface area contributed by atoms with E-state index in [4.69, 9.17) is 9.97 Å². The van der Waals surface area contributed by atoms with Crippen LogP contribution in [0.5, 0.6) is 0 Å². The number of benzene rings is 8. The molecule has 2 aliphatic rings. The van der Waals surface area contributed by atoms with Crippen LogP contribution in [0, 0.1) is 0 Å². The number of nitrogens with zero attached hydrogens (tertiary/aromatic N) is 2. The van der Waals surface area contributed by atoms with Crippen molar-refractivity contribution in [3.8, 4) is 66.9 Å². The summed E-state index contributed by atoms with van der Waals surface area (Å²) in [7, 11) is 0. The first kappa shape index (κ1) is 40.6. The van der Waals surface area contributed by atoms with Crippen molar-refractivity contribution in [3.63, 3.8) is 0 Å². The monoisotopic (exact) mass is 844 g/mol. The van der Waals surface area contributed by atoms with Crippen LogP contribution in [0.15, 0.2) is 243 Å². The lowest BCUT2D eigenvalue weighted by atomic mass is 9.77. The van der Waals surface area contributed by atoms with E-state index in [-0.39, 0.29) is 0 Å². The molecule has 8 aromatic carbocycles. The normalized spacial score (nSPS) is 13.6. The number of hydrogen-bond donors (Lipinski definition) is 0. The van der Waals surface area contributed by atoms with Crippen molar-refractivity contribution in [3.05, 3.63) is 265 Å². The number of aromatic nitrogens is 2. The van der Waals surface area contributed by atoms with Crippen molar-refractivity contribution < 1.29 is 0 Å². The topological polar surface area (TPSA) is 25.8 Å². The summed E-state index contributed by atoms with van der Waals surface area (Å²) >= 11 is 0. The van der Waals surface area contributed by atoms with Gasteiger partial charge in [-0.15, -0.1) is 0 Å². The van der Waals surface area contributed by atoms with Gasteiger partial charge in [-0.3, -0.25) is 0 Å². The summed E-state index contributed by atoms with van der Waals surface area (Å²) in [5.74, 6) is 0.744. The van der Waals surface area contributed by atoms with Gasteiger partial charge in [0.15, 0.2) is 5.82 Å². The number of hydrogen-bond acceptors (Lipinski definition) is 2. The Kier molecular flexibility index (Phi) is 11.4. The molecule has 0 atom stereocenters. The maximum Gasteiger partial charge on any atom is 0.160 e. The second-order valence-electron chi connectivity index (χ2n) is 17.0. The Morgan fingerprint density at radius 3 is 1.32 bits per heavy atom. The number of rotatable bonds is 10. The Balaban J connectivity index is 1.18. The fourth-order valence-corrected chi connectivity index (χ4v) is 9.71. The molecule has 0 bridgehead atoms. The van der Waals surface area contributed by atoms with E-state index in [1.165, 1.54) is 83.5 Å². The average Bonchev–Trinajstić information content (AvgIpc) is 3.41. The zero-order chi connectivity index (χ0) is 44.1. The third kappa shape index (κ3) is 8.22. The van der Waals surface area contributed by atoms with E-state index < -0.39 is 0 Å².